The van der Waals surface area contributed by atoms with Crippen molar-refractivity contribution in [2.75, 3.05) is 7.05 Å². The first-order valence-corrected chi connectivity index (χ1v) is 5.90. The van der Waals surface area contributed by atoms with Crippen LogP contribution in [0.2, 0.25) is 0 Å². The van der Waals surface area contributed by atoms with Crippen molar-refractivity contribution in [3.8, 4) is 0 Å². The van der Waals surface area contributed by atoms with E-state index in [-0.39, 0.29) is 5.54 Å². The Labute approximate surface area is 90.5 Å². The third kappa shape index (κ3) is 3.78. The van der Waals surface area contributed by atoms with Crippen molar-refractivity contribution in [2.24, 2.45) is 5.73 Å². The molecule has 0 aromatic carbocycles. The normalized spacial score (nSPS) is 14.3. The fourth-order valence-corrected chi connectivity index (χ4v) is 2.31. The Kier molecular flexibility index (Phi) is 4.11. The maximum absolute atomic E-state index is 5.97. The number of nitrogens with one attached hydrogen (secondary N) is 1. The van der Waals surface area contributed by atoms with Crippen LogP contribution >= 0.6 is 11.3 Å². The van der Waals surface area contributed by atoms with E-state index in [1.54, 1.807) is 11.3 Å². The first-order valence-electron chi connectivity index (χ1n) is 5.02. The lowest BCUT2D eigenvalue weighted by Gasteiger charge is -2.22. The minimum atomic E-state index is -0.0631. The molecular weight excluding hydrogens is 192 g/mol. The van der Waals surface area contributed by atoms with Crippen molar-refractivity contribution < 1.29 is 0 Å². The number of hydrogen-bond acceptors (Lipinski definition) is 3. The first kappa shape index (κ1) is 11.7. The van der Waals surface area contributed by atoms with Crippen molar-refractivity contribution in [3.05, 3.63) is 22.4 Å². The summed E-state index contributed by atoms with van der Waals surface area (Å²) >= 11 is 1.80. The van der Waals surface area contributed by atoms with Crippen molar-refractivity contribution in [1.82, 2.24) is 5.32 Å². The van der Waals surface area contributed by atoms with Crippen LogP contribution in [0.1, 0.15) is 37.6 Å². The van der Waals surface area contributed by atoms with Gasteiger partial charge in [-0.2, -0.15) is 0 Å². The SMILES string of the molecule is CNC(CCC(C)(C)N)c1cccs1. The second-order valence-electron chi connectivity index (χ2n) is 4.38. The highest BCUT2D eigenvalue weighted by Crippen LogP contribution is 2.24. The average Bonchev–Trinajstić information content (AvgIpc) is 2.56. The van der Waals surface area contributed by atoms with Crippen LogP contribution in [-0.4, -0.2) is 12.6 Å². The van der Waals surface area contributed by atoms with Gasteiger partial charge in [0.25, 0.3) is 0 Å². The summed E-state index contributed by atoms with van der Waals surface area (Å²) in [6.07, 6.45) is 2.14. The third-order valence-electron chi connectivity index (χ3n) is 2.31. The second-order valence-corrected chi connectivity index (χ2v) is 5.36. The van der Waals surface area contributed by atoms with Crippen molar-refractivity contribution in [3.63, 3.8) is 0 Å². The zero-order valence-corrected chi connectivity index (χ0v) is 10.0. The van der Waals surface area contributed by atoms with Gasteiger partial charge < -0.3 is 11.1 Å². The Morgan fingerprint density at radius 2 is 2.29 bits per heavy atom. The van der Waals surface area contributed by atoms with Crippen LogP contribution in [0.3, 0.4) is 0 Å². The second kappa shape index (κ2) is 4.91. The average molecular weight is 212 g/mol. The molecule has 0 aliphatic rings. The van der Waals surface area contributed by atoms with E-state index >= 15 is 0 Å². The minimum Gasteiger partial charge on any atom is -0.326 e. The molecule has 80 valence electrons. The molecule has 0 saturated heterocycles. The summed E-state index contributed by atoms with van der Waals surface area (Å²) in [7, 11) is 2.01. The highest BCUT2D eigenvalue weighted by atomic mass is 32.1. The van der Waals surface area contributed by atoms with Crippen molar-refractivity contribution >= 4 is 11.3 Å². The van der Waals surface area contributed by atoms with Gasteiger partial charge in [-0.1, -0.05) is 6.07 Å². The molecule has 0 radical (unpaired) electrons. The molecule has 1 atom stereocenters. The Morgan fingerprint density at radius 1 is 1.57 bits per heavy atom. The summed E-state index contributed by atoms with van der Waals surface area (Å²) in [6, 6.07) is 4.73. The predicted molar refractivity (Wildman–Crippen MR) is 63.6 cm³/mol. The zero-order chi connectivity index (χ0) is 10.6. The van der Waals surface area contributed by atoms with E-state index in [0.29, 0.717) is 6.04 Å². The molecule has 0 aliphatic carbocycles. The smallest absolute Gasteiger partial charge is 0.0413 e. The molecule has 1 unspecified atom stereocenters. The van der Waals surface area contributed by atoms with Crippen LogP contribution in [0.5, 0.6) is 0 Å². The van der Waals surface area contributed by atoms with Crippen molar-refractivity contribution in [2.45, 2.75) is 38.3 Å². The molecule has 0 amide bonds. The molecule has 3 heteroatoms. The van der Waals surface area contributed by atoms with Gasteiger partial charge in [-0.15, -0.1) is 11.3 Å². The number of nitrogens with two attached hydrogens (primary N) is 1. The predicted octanol–water partition coefficient (Wildman–Crippen LogP) is 2.53. The molecule has 0 aliphatic heterocycles. The molecule has 1 rings (SSSR count). The van der Waals surface area contributed by atoms with Crippen LogP contribution in [0.25, 0.3) is 0 Å². The highest BCUT2D eigenvalue weighted by Gasteiger charge is 2.16. The summed E-state index contributed by atoms with van der Waals surface area (Å²) in [5, 5.41) is 5.45. The van der Waals surface area contributed by atoms with E-state index in [1.165, 1.54) is 4.88 Å². The summed E-state index contributed by atoms with van der Waals surface area (Å²) in [6.45, 7) is 4.16. The van der Waals surface area contributed by atoms with E-state index in [4.69, 9.17) is 5.73 Å². The van der Waals surface area contributed by atoms with E-state index in [9.17, 15) is 0 Å². The van der Waals surface area contributed by atoms with E-state index in [1.807, 2.05) is 7.05 Å². The van der Waals surface area contributed by atoms with Gasteiger partial charge in [-0.05, 0) is 45.2 Å². The lowest BCUT2D eigenvalue weighted by Crippen LogP contribution is -2.33. The number of thiophene rings is 1. The van der Waals surface area contributed by atoms with Crippen LogP contribution in [0, 0.1) is 0 Å². The Morgan fingerprint density at radius 3 is 2.71 bits per heavy atom. The fraction of sp³-hybridized carbons (Fsp3) is 0.636. The van der Waals surface area contributed by atoms with E-state index < -0.39 is 0 Å². The molecule has 0 saturated carbocycles. The molecule has 3 N–H and O–H groups in total. The molecule has 1 heterocycles. The molecule has 0 fully saturated rings. The largest absolute Gasteiger partial charge is 0.326 e. The lowest BCUT2D eigenvalue weighted by molar-refractivity contribution is 0.413. The van der Waals surface area contributed by atoms with Gasteiger partial charge in [0.2, 0.25) is 0 Å². The lowest BCUT2D eigenvalue weighted by atomic mass is 9.96. The molecule has 0 bridgehead atoms. The summed E-state index contributed by atoms with van der Waals surface area (Å²) in [5.41, 5.74) is 5.90. The molecule has 0 spiro atoms. The molecule has 1 aromatic heterocycles. The fourth-order valence-electron chi connectivity index (χ4n) is 1.43. The molecule has 1 aromatic rings. The van der Waals surface area contributed by atoms with Crippen molar-refractivity contribution in [1.29, 1.82) is 0 Å². The quantitative estimate of drug-likeness (QED) is 0.787. The van der Waals surface area contributed by atoms with Gasteiger partial charge in [-0.25, -0.2) is 0 Å². The molecular formula is C11H20N2S. The van der Waals surface area contributed by atoms with E-state index in [0.717, 1.165) is 12.8 Å². The van der Waals surface area contributed by atoms with Gasteiger partial charge in [0.1, 0.15) is 0 Å². The van der Waals surface area contributed by atoms with Crippen LogP contribution in [-0.2, 0) is 0 Å². The molecule has 14 heavy (non-hydrogen) atoms. The highest BCUT2D eigenvalue weighted by molar-refractivity contribution is 7.10. The zero-order valence-electron chi connectivity index (χ0n) is 9.21. The van der Waals surface area contributed by atoms with Gasteiger partial charge >= 0.3 is 0 Å². The molecule has 2 nitrogen and oxygen atoms in total. The topological polar surface area (TPSA) is 38.0 Å². The van der Waals surface area contributed by atoms with Gasteiger partial charge in [0, 0.05) is 16.5 Å². The summed E-state index contributed by atoms with van der Waals surface area (Å²) in [4.78, 5) is 1.40. The van der Waals surface area contributed by atoms with Gasteiger partial charge in [-0.3, -0.25) is 0 Å². The van der Waals surface area contributed by atoms with Gasteiger partial charge in [0.15, 0.2) is 0 Å². The third-order valence-corrected chi connectivity index (χ3v) is 3.30. The van der Waals surface area contributed by atoms with Gasteiger partial charge in [0.05, 0.1) is 0 Å². The first-order chi connectivity index (χ1) is 6.53. The maximum Gasteiger partial charge on any atom is 0.0413 e. The summed E-state index contributed by atoms with van der Waals surface area (Å²) < 4.78 is 0. The summed E-state index contributed by atoms with van der Waals surface area (Å²) in [5.74, 6) is 0. The number of hydrogen-bond donors (Lipinski definition) is 2. The van der Waals surface area contributed by atoms with Crippen LogP contribution in [0.4, 0.5) is 0 Å². The monoisotopic (exact) mass is 212 g/mol. The van der Waals surface area contributed by atoms with E-state index in [2.05, 4.69) is 36.7 Å². The standard InChI is InChI=1S/C11H20N2S/c1-11(2,12)7-6-9(13-3)10-5-4-8-14-10/h4-5,8-9,13H,6-7,12H2,1-3H3. The Bertz CT molecular complexity index is 249. The minimum absolute atomic E-state index is 0.0631. The Balaban J connectivity index is 2.49. The maximum atomic E-state index is 5.97. The van der Waals surface area contributed by atoms with Crippen LogP contribution < -0.4 is 11.1 Å². The van der Waals surface area contributed by atoms with Crippen LogP contribution in [0.15, 0.2) is 17.5 Å². The Hall–Kier alpha value is -0.380. The number of rotatable bonds is 5.